The van der Waals surface area contributed by atoms with E-state index in [4.69, 9.17) is 16.3 Å². The average molecular weight is 304 g/mol. The molecule has 2 aromatic heterocycles. The number of anilines is 1. The van der Waals surface area contributed by atoms with E-state index in [1.165, 1.54) is 0 Å². The SMILES string of the molecule is Clc1cccnc1N1CCC(COc2ccncc2)CC1. The van der Waals surface area contributed by atoms with Crippen LogP contribution in [-0.4, -0.2) is 29.7 Å². The van der Waals surface area contributed by atoms with Gasteiger partial charge in [-0.05, 0) is 43.0 Å². The summed E-state index contributed by atoms with van der Waals surface area (Å²) in [5.74, 6) is 2.37. The molecule has 3 rings (SSSR count). The minimum atomic E-state index is 0.580. The van der Waals surface area contributed by atoms with Crippen molar-refractivity contribution in [2.45, 2.75) is 12.8 Å². The summed E-state index contributed by atoms with van der Waals surface area (Å²) in [6.07, 6.45) is 7.48. The van der Waals surface area contributed by atoms with Gasteiger partial charge in [-0.2, -0.15) is 0 Å². The fourth-order valence-electron chi connectivity index (χ4n) is 2.57. The van der Waals surface area contributed by atoms with Crippen molar-refractivity contribution in [2.24, 2.45) is 5.92 Å². The zero-order chi connectivity index (χ0) is 14.5. The van der Waals surface area contributed by atoms with E-state index in [1.807, 2.05) is 24.3 Å². The van der Waals surface area contributed by atoms with Crippen LogP contribution in [0.3, 0.4) is 0 Å². The van der Waals surface area contributed by atoms with E-state index < -0.39 is 0 Å². The summed E-state index contributed by atoms with van der Waals surface area (Å²) in [5, 5.41) is 0.726. The molecule has 0 unspecified atom stereocenters. The predicted molar refractivity (Wildman–Crippen MR) is 83.9 cm³/mol. The van der Waals surface area contributed by atoms with Gasteiger partial charge in [-0.25, -0.2) is 4.98 Å². The van der Waals surface area contributed by atoms with E-state index in [1.54, 1.807) is 18.6 Å². The first kappa shape index (κ1) is 14.1. The fourth-order valence-corrected chi connectivity index (χ4v) is 2.81. The molecule has 4 nitrogen and oxygen atoms in total. The van der Waals surface area contributed by atoms with E-state index >= 15 is 0 Å². The number of piperidine rings is 1. The fraction of sp³-hybridized carbons (Fsp3) is 0.375. The summed E-state index contributed by atoms with van der Waals surface area (Å²) in [6, 6.07) is 7.54. The molecule has 1 aliphatic rings. The zero-order valence-corrected chi connectivity index (χ0v) is 12.5. The highest BCUT2D eigenvalue weighted by molar-refractivity contribution is 6.32. The Kier molecular flexibility index (Phi) is 4.55. The summed E-state index contributed by atoms with van der Waals surface area (Å²) < 4.78 is 5.81. The molecule has 21 heavy (non-hydrogen) atoms. The summed E-state index contributed by atoms with van der Waals surface area (Å²) in [5.41, 5.74) is 0. The second-order valence-electron chi connectivity index (χ2n) is 5.23. The molecule has 0 aliphatic carbocycles. The van der Waals surface area contributed by atoms with Crippen molar-refractivity contribution in [3.8, 4) is 5.75 Å². The molecule has 0 amide bonds. The summed E-state index contributed by atoms with van der Waals surface area (Å²) in [7, 11) is 0. The lowest BCUT2D eigenvalue weighted by molar-refractivity contribution is 0.222. The maximum atomic E-state index is 6.20. The lowest BCUT2D eigenvalue weighted by Gasteiger charge is -2.33. The third kappa shape index (κ3) is 3.64. The van der Waals surface area contributed by atoms with Gasteiger partial charge in [0.25, 0.3) is 0 Å². The monoisotopic (exact) mass is 303 g/mol. The maximum Gasteiger partial charge on any atom is 0.147 e. The number of nitrogens with zero attached hydrogens (tertiary/aromatic N) is 3. The smallest absolute Gasteiger partial charge is 0.147 e. The van der Waals surface area contributed by atoms with Crippen LogP contribution in [0.2, 0.25) is 5.02 Å². The highest BCUT2D eigenvalue weighted by Gasteiger charge is 2.21. The van der Waals surface area contributed by atoms with Crippen LogP contribution in [0.5, 0.6) is 5.75 Å². The van der Waals surface area contributed by atoms with Crippen LogP contribution in [0.25, 0.3) is 0 Å². The largest absolute Gasteiger partial charge is 0.493 e. The van der Waals surface area contributed by atoms with E-state index in [0.717, 1.165) is 49.1 Å². The Balaban J connectivity index is 1.50. The first-order chi connectivity index (χ1) is 10.3. The molecular weight excluding hydrogens is 286 g/mol. The van der Waals surface area contributed by atoms with E-state index in [2.05, 4.69) is 14.9 Å². The zero-order valence-electron chi connectivity index (χ0n) is 11.8. The number of ether oxygens (including phenoxy) is 1. The summed E-state index contributed by atoms with van der Waals surface area (Å²) in [4.78, 5) is 10.6. The van der Waals surface area contributed by atoms with Crippen molar-refractivity contribution in [1.82, 2.24) is 9.97 Å². The van der Waals surface area contributed by atoms with Gasteiger partial charge in [-0.15, -0.1) is 0 Å². The second-order valence-corrected chi connectivity index (χ2v) is 5.64. The van der Waals surface area contributed by atoms with Crippen LogP contribution < -0.4 is 9.64 Å². The van der Waals surface area contributed by atoms with Gasteiger partial charge in [-0.1, -0.05) is 11.6 Å². The van der Waals surface area contributed by atoms with Gasteiger partial charge >= 0.3 is 0 Å². The van der Waals surface area contributed by atoms with Gasteiger partial charge in [0.1, 0.15) is 11.6 Å². The number of aromatic nitrogens is 2. The quantitative estimate of drug-likeness (QED) is 0.867. The molecule has 1 aliphatic heterocycles. The van der Waals surface area contributed by atoms with Crippen molar-refractivity contribution < 1.29 is 4.74 Å². The third-order valence-corrected chi connectivity index (χ3v) is 4.08. The van der Waals surface area contributed by atoms with E-state index in [9.17, 15) is 0 Å². The summed E-state index contributed by atoms with van der Waals surface area (Å²) >= 11 is 6.20. The predicted octanol–water partition coefficient (Wildman–Crippen LogP) is 3.43. The highest BCUT2D eigenvalue weighted by atomic mass is 35.5. The molecule has 0 bridgehead atoms. The van der Waals surface area contributed by atoms with Gasteiger partial charge in [0.05, 0.1) is 11.6 Å². The number of rotatable bonds is 4. The van der Waals surface area contributed by atoms with Crippen molar-refractivity contribution in [1.29, 1.82) is 0 Å². The molecule has 3 heterocycles. The molecular formula is C16H18ClN3O. The van der Waals surface area contributed by atoms with Crippen molar-refractivity contribution in [3.63, 3.8) is 0 Å². The van der Waals surface area contributed by atoms with Gasteiger partial charge in [0, 0.05) is 31.7 Å². The second kappa shape index (κ2) is 6.76. The molecule has 0 aromatic carbocycles. The minimum Gasteiger partial charge on any atom is -0.493 e. The molecule has 2 aromatic rings. The molecule has 0 radical (unpaired) electrons. The molecule has 0 atom stereocenters. The Morgan fingerprint density at radius 3 is 2.62 bits per heavy atom. The Hall–Kier alpha value is -1.81. The van der Waals surface area contributed by atoms with Crippen molar-refractivity contribution in [3.05, 3.63) is 47.9 Å². The van der Waals surface area contributed by atoms with Gasteiger partial charge < -0.3 is 9.64 Å². The number of hydrogen-bond donors (Lipinski definition) is 0. The maximum absolute atomic E-state index is 6.20. The Bertz CT molecular complexity index is 571. The first-order valence-corrected chi connectivity index (χ1v) is 7.59. The average Bonchev–Trinajstić information content (AvgIpc) is 2.55. The molecule has 0 N–H and O–H groups in total. The molecule has 1 fully saturated rings. The third-order valence-electron chi connectivity index (χ3n) is 3.79. The number of halogens is 1. The minimum absolute atomic E-state index is 0.580. The van der Waals surface area contributed by atoms with Crippen LogP contribution in [-0.2, 0) is 0 Å². The molecule has 1 saturated heterocycles. The van der Waals surface area contributed by atoms with Gasteiger partial charge in [0.2, 0.25) is 0 Å². The highest BCUT2D eigenvalue weighted by Crippen LogP contribution is 2.27. The van der Waals surface area contributed by atoms with Crippen LogP contribution in [0.1, 0.15) is 12.8 Å². The Labute approximate surface area is 129 Å². The topological polar surface area (TPSA) is 38.2 Å². The molecule has 0 spiro atoms. The van der Waals surface area contributed by atoms with E-state index in [-0.39, 0.29) is 0 Å². The van der Waals surface area contributed by atoms with Gasteiger partial charge in [0.15, 0.2) is 0 Å². The molecule has 5 heteroatoms. The van der Waals surface area contributed by atoms with Crippen LogP contribution in [0.15, 0.2) is 42.9 Å². The lowest BCUT2D eigenvalue weighted by Crippen LogP contribution is -2.36. The van der Waals surface area contributed by atoms with Crippen molar-refractivity contribution >= 4 is 17.4 Å². The Morgan fingerprint density at radius 1 is 1.14 bits per heavy atom. The number of pyridine rings is 2. The first-order valence-electron chi connectivity index (χ1n) is 7.21. The number of hydrogen-bond acceptors (Lipinski definition) is 4. The summed E-state index contributed by atoms with van der Waals surface area (Å²) in [6.45, 7) is 2.70. The molecule has 110 valence electrons. The molecule has 0 saturated carbocycles. The van der Waals surface area contributed by atoms with Crippen LogP contribution in [0.4, 0.5) is 5.82 Å². The van der Waals surface area contributed by atoms with Crippen LogP contribution >= 0.6 is 11.6 Å². The normalized spacial score (nSPS) is 16.0. The standard InChI is InChI=1S/C16H18ClN3O/c17-15-2-1-7-19-16(15)20-10-5-13(6-11-20)12-21-14-3-8-18-9-4-14/h1-4,7-9,13H,5-6,10-12H2. The Morgan fingerprint density at radius 2 is 1.90 bits per heavy atom. The van der Waals surface area contributed by atoms with Crippen molar-refractivity contribution in [2.75, 3.05) is 24.6 Å². The van der Waals surface area contributed by atoms with Crippen LogP contribution in [0, 0.1) is 5.92 Å². The van der Waals surface area contributed by atoms with E-state index in [0.29, 0.717) is 5.92 Å². The van der Waals surface area contributed by atoms with Gasteiger partial charge in [-0.3, -0.25) is 4.98 Å². The lowest BCUT2D eigenvalue weighted by atomic mass is 9.98.